The number of urea groups is 1. The van der Waals surface area contributed by atoms with Crippen molar-refractivity contribution in [3.05, 3.63) is 65.2 Å². The third-order valence-electron chi connectivity index (χ3n) is 3.93. The molecule has 5 nitrogen and oxygen atoms in total. The van der Waals surface area contributed by atoms with Crippen LogP contribution in [0, 0.1) is 0 Å². The average Bonchev–Trinajstić information content (AvgIpc) is 2.96. The largest absolute Gasteiger partial charge is 0.350 e. The molecule has 2 aromatic rings. The average molecular weight is 344 g/mol. The van der Waals surface area contributed by atoms with Crippen LogP contribution in [-0.2, 0) is 11.3 Å². The molecule has 0 spiro atoms. The van der Waals surface area contributed by atoms with Gasteiger partial charge < -0.3 is 10.2 Å². The highest BCUT2D eigenvalue weighted by Crippen LogP contribution is 2.19. The molecule has 1 aliphatic heterocycles. The number of halogens is 1. The Hall–Kier alpha value is -2.53. The second kappa shape index (κ2) is 7.36. The number of carbonyl (C=O) groups excluding carboxylic acids is 2. The summed E-state index contributed by atoms with van der Waals surface area (Å²) in [4.78, 5) is 27.8. The molecule has 1 aliphatic rings. The number of benzene rings is 2. The second-order valence-electron chi connectivity index (χ2n) is 5.56. The zero-order valence-corrected chi connectivity index (χ0v) is 13.9. The van der Waals surface area contributed by atoms with E-state index in [2.05, 4.69) is 5.32 Å². The highest BCUT2D eigenvalue weighted by molar-refractivity contribution is 6.31. The van der Waals surface area contributed by atoms with E-state index in [4.69, 9.17) is 11.6 Å². The maximum absolute atomic E-state index is 12.4. The Balaban J connectivity index is 1.54. The van der Waals surface area contributed by atoms with Crippen molar-refractivity contribution in [2.24, 2.45) is 0 Å². The topological polar surface area (TPSA) is 52.7 Å². The van der Waals surface area contributed by atoms with Crippen molar-refractivity contribution in [2.75, 3.05) is 24.5 Å². The monoisotopic (exact) mass is 343 g/mol. The molecule has 3 amide bonds. The van der Waals surface area contributed by atoms with E-state index in [1.54, 1.807) is 15.9 Å². The number of rotatable bonds is 5. The quantitative estimate of drug-likeness (QED) is 0.907. The first kappa shape index (κ1) is 16.3. The standard InChI is InChI=1S/C18H18ClN3O2/c19-16-9-5-4-6-14(16)12-20-17(23)13-21-10-11-22(18(21)24)15-7-2-1-3-8-15/h1-9H,10-13H2,(H,20,23). The van der Waals surface area contributed by atoms with Crippen LogP contribution in [0.2, 0.25) is 5.02 Å². The summed E-state index contributed by atoms with van der Waals surface area (Å²) in [6.45, 7) is 1.52. The molecule has 2 aromatic carbocycles. The Morgan fingerprint density at radius 2 is 1.75 bits per heavy atom. The summed E-state index contributed by atoms with van der Waals surface area (Å²) >= 11 is 6.07. The van der Waals surface area contributed by atoms with Gasteiger partial charge in [-0.2, -0.15) is 0 Å². The van der Waals surface area contributed by atoms with Gasteiger partial charge in [0.05, 0.1) is 0 Å². The van der Waals surface area contributed by atoms with Crippen LogP contribution in [0.25, 0.3) is 0 Å². The number of hydrogen-bond acceptors (Lipinski definition) is 2. The van der Waals surface area contributed by atoms with Crippen molar-refractivity contribution in [1.82, 2.24) is 10.2 Å². The van der Waals surface area contributed by atoms with Crippen LogP contribution in [-0.4, -0.2) is 36.5 Å². The van der Waals surface area contributed by atoms with E-state index < -0.39 is 0 Å². The number of anilines is 1. The zero-order chi connectivity index (χ0) is 16.9. The van der Waals surface area contributed by atoms with Crippen molar-refractivity contribution in [3.63, 3.8) is 0 Å². The molecule has 1 heterocycles. The first-order valence-corrected chi connectivity index (χ1v) is 8.14. The SMILES string of the molecule is O=C(CN1CCN(c2ccccc2)C1=O)NCc1ccccc1Cl. The summed E-state index contributed by atoms with van der Waals surface area (Å²) in [5, 5.41) is 3.42. The third-order valence-corrected chi connectivity index (χ3v) is 4.30. The minimum Gasteiger partial charge on any atom is -0.350 e. The molecule has 0 radical (unpaired) electrons. The van der Waals surface area contributed by atoms with E-state index in [-0.39, 0.29) is 18.5 Å². The van der Waals surface area contributed by atoms with Gasteiger partial charge in [0, 0.05) is 30.3 Å². The van der Waals surface area contributed by atoms with E-state index in [0.29, 0.717) is 24.7 Å². The van der Waals surface area contributed by atoms with E-state index in [1.807, 2.05) is 48.5 Å². The van der Waals surface area contributed by atoms with Crippen LogP contribution >= 0.6 is 11.6 Å². The van der Waals surface area contributed by atoms with Crippen LogP contribution in [0.3, 0.4) is 0 Å². The molecule has 1 fully saturated rings. The fourth-order valence-electron chi connectivity index (χ4n) is 2.64. The summed E-state index contributed by atoms with van der Waals surface area (Å²) < 4.78 is 0. The Bertz CT molecular complexity index is 736. The molecule has 0 unspecified atom stereocenters. The van der Waals surface area contributed by atoms with Gasteiger partial charge in [-0.25, -0.2) is 4.79 Å². The lowest BCUT2D eigenvalue weighted by atomic mass is 10.2. The predicted molar refractivity (Wildman–Crippen MR) is 94.1 cm³/mol. The van der Waals surface area contributed by atoms with Gasteiger partial charge in [-0.15, -0.1) is 0 Å². The normalized spacial score (nSPS) is 14.1. The second-order valence-corrected chi connectivity index (χ2v) is 5.97. The molecule has 0 saturated carbocycles. The minimum atomic E-state index is -0.196. The Morgan fingerprint density at radius 1 is 1.04 bits per heavy atom. The molecule has 3 rings (SSSR count). The van der Waals surface area contributed by atoms with E-state index in [1.165, 1.54) is 0 Å². The van der Waals surface area contributed by atoms with Gasteiger partial charge in [0.2, 0.25) is 5.91 Å². The van der Waals surface area contributed by atoms with Gasteiger partial charge in [-0.1, -0.05) is 48.0 Å². The molecule has 24 heavy (non-hydrogen) atoms. The molecule has 1 N–H and O–H groups in total. The summed E-state index contributed by atoms with van der Waals surface area (Å²) in [5.74, 6) is -0.196. The maximum Gasteiger partial charge on any atom is 0.325 e. The predicted octanol–water partition coefficient (Wildman–Crippen LogP) is 2.90. The fourth-order valence-corrected chi connectivity index (χ4v) is 2.84. The number of carbonyl (C=O) groups is 2. The number of hydrogen-bond donors (Lipinski definition) is 1. The van der Waals surface area contributed by atoms with Crippen molar-refractivity contribution >= 4 is 29.2 Å². The molecule has 124 valence electrons. The molecule has 0 aliphatic carbocycles. The summed E-state index contributed by atoms with van der Waals surface area (Å²) in [6, 6.07) is 16.7. The number of nitrogens with one attached hydrogen (secondary N) is 1. The lowest BCUT2D eigenvalue weighted by Gasteiger charge is -2.18. The van der Waals surface area contributed by atoms with E-state index >= 15 is 0 Å². The van der Waals surface area contributed by atoms with Crippen LogP contribution in [0.1, 0.15) is 5.56 Å². The lowest BCUT2D eigenvalue weighted by molar-refractivity contribution is -0.121. The van der Waals surface area contributed by atoms with Crippen LogP contribution in [0.15, 0.2) is 54.6 Å². The zero-order valence-electron chi connectivity index (χ0n) is 13.1. The minimum absolute atomic E-state index is 0.0482. The van der Waals surface area contributed by atoms with Crippen molar-refractivity contribution in [1.29, 1.82) is 0 Å². The molecule has 0 atom stereocenters. The lowest BCUT2D eigenvalue weighted by Crippen LogP contribution is -2.39. The van der Waals surface area contributed by atoms with Crippen molar-refractivity contribution < 1.29 is 9.59 Å². The Morgan fingerprint density at radius 3 is 2.50 bits per heavy atom. The molecule has 0 bridgehead atoms. The number of nitrogens with zero attached hydrogens (tertiary/aromatic N) is 2. The first-order chi connectivity index (χ1) is 11.6. The van der Waals surface area contributed by atoms with Gasteiger partial charge in [-0.3, -0.25) is 9.69 Å². The third kappa shape index (κ3) is 3.68. The molecule has 1 saturated heterocycles. The van der Waals surface area contributed by atoms with Crippen molar-refractivity contribution in [2.45, 2.75) is 6.54 Å². The Labute approximate surface area is 145 Å². The van der Waals surface area contributed by atoms with Gasteiger partial charge in [-0.05, 0) is 23.8 Å². The molecular weight excluding hydrogens is 326 g/mol. The number of amides is 3. The van der Waals surface area contributed by atoms with Crippen LogP contribution in [0.5, 0.6) is 0 Å². The molecular formula is C18H18ClN3O2. The highest BCUT2D eigenvalue weighted by atomic mass is 35.5. The maximum atomic E-state index is 12.4. The van der Waals surface area contributed by atoms with Crippen LogP contribution in [0.4, 0.5) is 10.5 Å². The summed E-state index contributed by atoms with van der Waals surface area (Å²) in [5.41, 5.74) is 1.70. The molecule has 6 heteroatoms. The van der Waals surface area contributed by atoms with Crippen LogP contribution < -0.4 is 10.2 Å². The summed E-state index contributed by atoms with van der Waals surface area (Å²) in [6.07, 6.45) is 0. The first-order valence-electron chi connectivity index (χ1n) is 7.77. The molecule has 0 aromatic heterocycles. The Kier molecular flexibility index (Phi) is 5.01. The van der Waals surface area contributed by atoms with Gasteiger partial charge in [0.25, 0.3) is 0 Å². The fraction of sp³-hybridized carbons (Fsp3) is 0.222. The van der Waals surface area contributed by atoms with E-state index in [0.717, 1.165) is 11.3 Å². The van der Waals surface area contributed by atoms with Gasteiger partial charge in [0.1, 0.15) is 6.54 Å². The van der Waals surface area contributed by atoms with Gasteiger partial charge >= 0.3 is 6.03 Å². The van der Waals surface area contributed by atoms with Gasteiger partial charge in [0.15, 0.2) is 0 Å². The summed E-state index contributed by atoms with van der Waals surface area (Å²) in [7, 11) is 0. The van der Waals surface area contributed by atoms with Crippen molar-refractivity contribution in [3.8, 4) is 0 Å². The van der Waals surface area contributed by atoms with E-state index in [9.17, 15) is 9.59 Å². The smallest absolute Gasteiger partial charge is 0.325 e. The number of para-hydroxylation sites is 1. The highest BCUT2D eigenvalue weighted by Gasteiger charge is 2.30.